The van der Waals surface area contributed by atoms with Gasteiger partial charge in [-0.15, -0.1) is 0 Å². The highest BCUT2D eigenvalue weighted by atomic mass is 15.1. The number of hydrogen-bond acceptors (Lipinski definition) is 2. The second kappa shape index (κ2) is 13.9. The van der Waals surface area contributed by atoms with E-state index >= 15 is 0 Å². The first-order valence-electron chi connectivity index (χ1n) is 20.4. The molecule has 0 spiro atoms. The third-order valence-electron chi connectivity index (χ3n) is 10.2. The van der Waals surface area contributed by atoms with Crippen molar-refractivity contribution in [2.75, 3.05) is 9.80 Å². The van der Waals surface area contributed by atoms with Crippen molar-refractivity contribution < 1.29 is 5.48 Å². The summed E-state index contributed by atoms with van der Waals surface area (Å²) < 4.78 is 40.2. The highest BCUT2D eigenvalue weighted by Gasteiger charge is 2.18. The van der Waals surface area contributed by atoms with Gasteiger partial charge in [0.15, 0.2) is 0 Å². The number of para-hydroxylation sites is 5. The van der Waals surface area contributed by atoms with Crippen LogP contribution in [0.3, 0.4) is 0 Å². The van der Waals surface area contributed by atoms with E-state index < -0.39 is 0 Å². The zero-order valence-corrected chi connectivity index (χ0v) is 29.9. The molecule has 0 atom stereocenters. The lowest BCUT2D eigenvalue weighted by atomic mass is 10.00. The van der Waals surface area contributed by atoms with Crippen LogP contribution in [0.5, 0.6) is 0 Å². The molecule has 9 aromatic carbocycles. The van der Waals surface area contributed by atoms with Gasteiger partial charge < -0.3 is 14.4 Å². The zero-order valence-electron chi connectivity index (χ0n) is 33.9. The van der Waals surface area contributed by atoms with Gasteiger partial charge in [0.2, 0.25) is 0 Å². The van der Waals surface area contributed by atoms with Crippen LogP contribution in [0.15, 0.2) is 224 Å². The van der Waals surface area contributed by atoms with Gasteiger partial charge in [0.25, 0.3) is 0 Å². The van der Waals surface area contributed by atoms with E-state index in [1.165, 1.54) is 0 Å². The molecule has 0 aliphatic rings. The van der Waals surface area contributed by atoms with Crippen molar-refractivity contribution in [3.05, 3.63) is 224 Å². The van der Waals surface area contributed by atoms with Crippen molar-refractivity contribution in [3.8, 4) is 16.8 Å². The van der Waals surface area contributed by atoms with E-state index in [0.717, 1.165) is 66.7 Å². The molecule has 3 heteroatoms. The van der Waals surface area contributed by atoms with E-state index in [1.807, 2.05) is 126 Å². The zero-order chi connectivity index (χ0) is 40.0. The molecule has 1 heterocycles. The Morgan fingerprint density at radius 3 is 1.47 bits per heavy atom. The molecule has 260 valence electrons. The second-order valence-corrected chi connectivity index (χ2v) is 13.5. The molecule has 0 N–H and O–H groups in total. The van der Waals surface area contributed by atoms with Gasteiger partial charge in [-0.2, -0.15) is 0 Å². The van der Waals surface area contributed by atoms with Gasteiger partial charge in [0.1, 0.15) is 0 Å². The maximum absolute atomic E-state index is 9.54. The van der Waals surface area contributed by atoms with Gasteiger partial charge >= 0.3 is 0 Å². The fraction of sp³-hybridized carbons (Fsp3) is 0. The van der Waals surface area contributed by atoms with Gasteiger partial charge in [0.05, 0.1) is 16.5 Å². The van der Waals surface area contributed by atoms with E-state index in [1.54, 1.807) is 0 Å². The highest BCUT2D eigenvalue weighted by Crippen LogP contribution is 2.41. The van der Waals surface area contributed by atoms with Crippen LogP contribution in [-0.4, -0.2) is 4.57 Å². The SMILES string of the molecule is [2H]c1c([2H])c(N(c2ccccc2)c2ccc3c4ccccc4n(-c4ccccc4)c3c2)c([2H])c([2H])c1-c1ccc2cc(N(c3ccccc3)c3ccccc3)ccc2c1. The Hall–Kier alpha value is -7.36. The largest absolute Gasteiger partial charge is 0.310 e. The molecule has 0 saturated heterocycles. The number of hydrogen-bond donors (Lipinski definition) is 0. The van der Waals surface area contributed by atoms with Crippen LogP contribution in [-0.2, 0) is 0 Å². The Bertz CT molecular complexity index is 3080. The van der Waals surface area contributed by atoms with Crippen LogP contribution < -0.4 is 9.80 Å². The van der Waals surface area contributed by atoms with Crippen LogP contribution in [0, 0.1) is 0 Å². The van der Waals surface area contributed by atoms with Crippen molar-refractivity contribution in [3.63, 3.8) is 0 Å². The lowest BCUT2D eigenvalue weighted by Gasteiger charge is -2.26. The molecule has 0 bridgehead atoms. The fourth-order valence-electron chi connectivity index (χ4n) is 7.63. The van der Waals surface area contributed by atoms with Crippen molar-refractivity contribution >= 4 is 66.7 Å². The summed E-state index contributed by atoms with van der Waals surface area (Å²) in [5.74, 6) is 0. The minimum atomic E-state index is -0.120. The Kier molecular flexibility index (Phi) is 7.12. The molecule has 55 heavy (non-hydrogen) atoms. The van der Waals surface area contributed by atoms with E-state index in [-0.39, 0.29) is 35.4 Å². The molecule has 0 unspecified atom stereocenters. The van der Waals surface area contributed by atoms with Crippen LogP contribution in [0.4, 0.5) is 34.1 Å². The molecule has 0 radical (unpaired) electrons. The molecule has 0 fully saturated rings. The smallest absolute Gasteiger partial charge is 0.0645 e. The average Bonchev–Trinajstić information content (AvgIpc) is 3.62. The number of anilines is 6. The van der Waals surface area contributed by atoms with Gasteiger partial charge in [-0.05, 0) is 119 Å². The Morgan fingerprint density at radius 1 is 0.327 bits per heavy atom. The highest BCUT2D eigenvalue weighted by molar-refractivity contribution is 6.10. The summed E-state index contributed by atoms with van der Waals surface area (Å²) >= 11 is 0. The summed E-state index contributed by atoms with van der Waals surface area (Å²) in [5.41, 5.74) is 8.66. The number of aromatic nitrogens is 1. The average molecular weight is 708 g/mol. The van der Waals surface area contributed by atoms with Gasteiger partial charge in [-0.25, -0.2) is 0 Å². The third-order valence-corrected chi connectivity index (χ3v) is 10.2. The summed E-state index contributed by atoms with van der Waals surface area (Å²) in [7, 11) is 0. The van der Waals surface area contributed by atoms with Gasteiger partial charge in [-0.1, -0.05) is 127 Å². The number of fused-ring (bicyclic) bond motifs is 4. The molecular weight excluding hydrogens is 667 g/mol. The fourth-order valence-corrected chi connectivity index (χ4v) is 7.63. The predicted molar refractivity (Wildman–Crippen MR) is 233 cm³/mol. The molecule has 10 aromatic rings. The van der Waals surface area contributed by atoms with E-state index in [9.17, 15) is 5.48 Å². The molecule has 1 aromatic heterocycles. The third kappa shape index (κ3) is 5.98. The van der Waals surface area contributed by atoms with Crippen LogP contribution >= 0.6 is 0 Å². The maximum Gasteiger partial charge on any atom is 0.0645 e. The van der Waals surface area contributed by atoms with Crippen LogP contribution in [0.25, 0.3) is 49.4 Å². The Labute approximate surface area is 326 Å². The Balaban J connectivity index is 1.10. The Morgan fingerprint density at radius 2 is 0.818 bits per heavy atom. The summed E-state index contributed by atoms with van der Waals surface area (Å²) in [6, 6.07) is 66.6. The van der Waals surface area contributed by atoms with Crippen molar-refractivity contribution in [1.29, 1.82) is 0 Å². The molecule has 0 amide bonds. The maximum atomic E-state index is 9.54. The van der Waals surface area contributed by atoms with E-state index in [2.05, 4.69) is 88.3 Å². The monoisotopic (exact) mass is 707 g/mol. The van der Waals surface area contributed by atoms with E-state index in [0.29, 0.717) is 5.56 Å². The summed E-state index contributed by atoms with van der Waals surface area (Å²) in [6.45, 7) is 0. The summed E-state index contributed by atoms with van der Waals surface area (Å²) in [5, 5.41) is 4.12. The predicted octanol–water partition coefficient (Wildman–Crippen LogP) is 14.5. The van der Waals surface area contributed by atoms with Crippen molar-refractivity contribution in [2.45, 2.75) is 0 Å². The molecule has 0 saturated carbocycles. The van der Waals surface area contributed by atoms with Crippen LogP contribution in [0.1, 0.15) is 5.48 Å². The van der Waals surface area contributed by atoms with E-state index in [4.69, 9.17) is 0 Å². The second-order valence-electron chi connectivity index (χ2n) is 13.5. The summed E-state index contributed by atoms with van der Waals surface area (Å²) in [4.78, 5) is 4.07. The lowest BCUT2D eigenvalue weighted by Crippen LogP contribution is -2.10. The molecule has 0 aliphatic heterocycles. The first-order valence-corrected chi connectivity index (χ1v) is 18.4. The van der Waals surface area contributed by atoms with Crippen LogP contribution in [0.2, 0.25) is 0 Å². The van der Waals surface area contributed by atoms with Crippen molar-refractivity contribution in [1.82, 2.24) is 4.57 Å². The minimum absolute atomic E-state index is 0.100. The van der Waals surface area contributed by atoms with Gasteiger partial charge in [0, 0.05) is 50.6 Å². The van der Waals surface area contributed by atoms with Gasteiger partial charge in [-0.3, -0.25) is 0 Å². The minimum Gasteiger partial charge on any atom is -0.310 e. The molecule has 3 nitrogen and oxygen atoms in total. The lowest BCUT2D eigenvalue weighted by molar-refractivity contribution is 1.18. The molecule has 10 rings (SSSR count). The number of nitrogens with zero attached hydrogens (tertiary/aromatic N) is 3. The number of rotatable bonds is 8. The standard InChI is InChI=1S/C52H37N3/c1-5-15-42(16-6-1)53(43-17-7-2-8-18-43)47-32-29-40-35-39(25-26-41(40)36-47)38-27-30-46(31-28-38)54(44-19-9-3-10-20-44)48-33-34-50-49-23-13-14-24-51(49)55(52(50)37-48)45-21-11-4-12-22-45/h1-37H/i27D,28D,30D,31D. The normalized spacial score (nSPS) is 12.3. The summed E-state index contributed by atoms with van der Waals surface area (Å²) in [6.07, 6.45) is 0. The number of benzene rings is 9. The first-order chi connectivity index (χ1) is 29.0. The first kappa shape index (κ1) is 28.2. The topological polar surface area (TPSA) is 11.4 Å². The van der Waals surface area contributed by atoms with Crippen molar-refractivity contribution in [2.24, 2.45) is 0 Å². The quantitative estimate of drug-likeness (QED) is 0.156. The molecule has 0 aliphatic carbocycles. The molecular formula is C52H37N3.